The third kappa shape index (κ3) is 5.02. The normalized spacial score (nSPS) is 13.3. The van der Waals surface area contributed by atoms with Crippen LogP contribution in [0.2, 0.25) is 0 Å². The Bertz CT molecular complexity index is 936. The molecular formula is C20H20N4O2S2. The van der Waals surface area contributed by atoms with Gasteiger partial charge in [-0.1, -0.05) is 12.1 Å². The third-order valence-corrected chi connectivity index (χ3v) is 6.11. The second kappa shape index (κ2) is 8.62. The molecule has 8 heteroatoms. The molecule has 1 aliphatic rings. The number of anilines is 1. The Morgan fingerprint density at radius 1 is 1.18 bits per heavy atom. The number of amides is 2. The lowest BCUT2D eigenvalue weighted by molar-refractivity contribution is -0.131. The average molecular weight is 413 g/mol. The first kappa shape index (κ1) is 18.8. The fourth-order valence-electron chi connectivity index (χ4n) is 2.93. The molecule has 0 saturated heterocycles. The van der Waals surface area contributed by atoms with Gasteiger partial charge in [0.15, 0.2) is 5.13 Å². The van der Waals surface area contributed by atoms with E-state index in [2.05, 4.69) is 15.3 Å². The van der Waals surface area contributed by atoms with E-state index in [-0.39, 0.29) is 18.2 Å². The molecule has 1 aliphatic carbocycles. The maximum absolute atomic E-state index is 12.8. The summed E-state index contributed by atoms with van der Waals surface area (Å²) in [5, 5.41) is 7.15. The van der Waals surface area contributed by atoms with Crippen LogP contribution in [0.25, 0.3) is 0 Å². The first-order chi connectivity index (χ1) is 13.7. The van der Waals surface area contributed by atoms with Crippen LogP contribution in [0.3, 0.4) is 0 Å². The minimum absolute atomic E-state index is 0.0631. The van der Waals surface area contributed by atoms with Crippen molar-refractivity contribution in [1.29, 1.82) is 0 Å². The molecule has 144 valence electrons. The first-order valence-corrected chi connectivity index (χ1v) is 10.9. The summed E-state index contributed by atoms with van der Waals surface area (Å²) in [6.07, 6.45) is 6.21. The van der Waals surface area contributed by atoms with Gasteiger partial charge in [-0.05, 0) is 35.9 Å². The number of thiophene rings is 1. The zero-order valence-electron chi connectivity index (χ0n) is 15.2. The van der Waals surface area contributed by atoms with Crippen LogP contribution >= 0.6 is 22.7 Å². The molecule has 4 rings (SSSR count). The lowest BCUT2D eigenvalue weighted by Gasteiger charge is -2.22. The van der Waals surface area contributed by atoms with E-state index >= 15 is 0 Å². The van der Waals surface area contributed by atoms with Gasteiger partial charge in [-0.15, -0.1) is 22.7 Å². The Morgan fingerprint density at radius 2 is 2.07 bits per heavy atom. The lowest BCUT2D eigenvalue weighted by atomic mass is 10.2. The number of pyridine rings is 1. The van der Waals surface area contributed by atoms with Crippen LogP contribution in [0.1, 0.15) is 29.0 Å². The number of thiazole rings is 1. The maximum Gasteiger partial charge on any atom is 0.231 e. The van der Waals surface area contributed by atoms with Crippen LogP contribution in [0.15, 0.2) is 47.4 Å². The first-order valence-electron chi connectivity index (χ1n) is 9.12. The van der Waals surface area contributed by atoms with Gasteiger partial charge in [0, 0.05) is 35.2 Å². The van der Waals surface area contributed by atoms with Crippen molar-refractivity contribution in [3.8, 4) is 0 Å². The summed E-state index contributed by atoms with van der Waals surface area (Å²) in [6.45, 7) is 0.575. The van der Waals surface area contributed by atoms with Crippen LogP contribution in [0, 0.1) is 0 Å². The van der Waals surface area contributed by atoms with Crippen molar-refractivity contribution in [3.63, 3.8) is 0 Å². The number of carbonyl (C=O) groups is 2. The number of hydrogen-bond acceptors (Lipinski definition) is 6. The molecule has 0 unspecified atom stereocenters. The van der Waals surface area contributed by atoms with Gasteiger partial charge in [0.1, 0.15) is 0 Å². The van der Waals surface area contributed by atoms with Crippen LogP contribution in [-0.2, 0) is 29.0 Å². The maximum atomic E-state index is 12.8. The Kier molecular flexibility index (Phi) is 5.78. The minimum atomic E-state index is -0.0918. The fraction of sp³-hybridized carbons (Fsp3) is 0.300. The summed E-state index contributed by atoms with van der Waals surface area (Å²) in [4.78, 5) is 36.4. The van der Waals surface area contributed by atoms with Crippen molar-refractivity contribution in [2.24, 2.45) is 0 Å². The van der Waals surface area contributed by atoms with Crippen molar-refractivity contribution >= 4 is 39.6 Å². The van der Waals surface area contributed by atoms with Crippen LogP contribution < -0.4 is 5.32 Å². The third-order valence-electron chi connectivity index (χ3n) is 4.43. The molecule has 3 aromatic rings. The number of nitrogens with zero attached hydrogens (tertiary/aromatic N) is 3. The van der Waals surface area contributed by atoms with E-state index in [1.54, 1.807) is 23.7 Å². The van der Waals surface area contributed by atoms with Crippen molar-refractivity contribution in [3.05, 3.63) is 63.6 Å². The highest BCUT2D eigenvalue weighted by Gasteiger charge is 2.32. The largest absolute Gasteiger partial charge is 0.335 e. The van der Waals surface area contributed by atoms with Crippen molar-refractivity contribution in [2.45, 2.75) is 38.3 Å². The van der Waals surface area contributed by atoms with Crippen LogP contribution in [0.4, 0.5) is 5.13 Å². The molecule has 1 N–H and O–H groups in total. The Labute approximate surface area is 171 Å². The van der Waals surface area contributed by atoms with Gasteiger partial charge in [0.25, 0.3) is 0 Å². The van der Waals surface area contributed by atoms with Gasteiger partial charge in [-0.3, -0.25) is 14.6 Å². The average Bonchev–Trinajstić information content (AvgIpc) is 3.23. The van der Waals surface area contributed by atoms with Crippen molar-refractivity contribution in [2.75, 3.05) is 5.32 Å². The summed E-state index contributed by atoms with van der Waals surface area (Å²) in [6, 6.07) is 8.05. The molecule has 0 aliphatic heterocycles. The van der Waals surface area contributed by atoms with Gasteiger partial charge in [-0.25, -0.2) is 4.98 Å². The van der Waals surface area contributed by atoms with Crippen LogP contribution in [-0.4, -0.2) is 32.7 Å². The molecule has 28 heavy (non-hydrogen) atoms. The monoisotopic (exact) mass is 412 g/mol. The van der Waals surface area contributed by atoms with E-state index in [0.29, 0.717) is 29.8 Å². The van der Waals surface area contributed by atoms with Crippen molar-refractivity contribution < 1.29 is 9.59 Å². The molecule has 2 amide bonds. The van der Waals surface area contributed by atoms with E-state index in [0.717, 1.165) is 23.3 Å². The molecule has 0 atom stereocenters. The molecule has 0 aromatic carbocycles. The second-order valence-corrected chi connectivity index (χ2v) is 8.63. The summed E-state index contributed by atoms with van der Waals surface area (Å²) in [7, 11) is 0. The van der Waals surface area contributed by atoms with Gasteiger partial charge in [-0.2, -0.15) is 0 Å². The van der Waals surface area contributed by atoms with Gasteiger partial charge < -0.3 is 10.2 Å². The predicted molar refractivity (Wildman–Crippen MR) is 110 cm³/mol. The zero-order chi connectivity index (χ0) is 19.3. The molecule has 0 spiro atoms. The lowest BCUT2D eigenvalue weighted by Crippen LogP contribution is -2.33. The number of carbonyl (C=O) groups excluding carboxylic acids is 2. The molecule has 3 heterocycles. The molecular weight excluding hydrogens is 392 g/mol. The van der Waals surface area contributed by atoms with Gasteiger partial charge >= 0.3 is 0 Å². The summed E-state index contributed by atoms with van der Waals surface area (Å²) in [5.74, 6) is -0.0287. The van der Waals surface area contributed by atoms with Crippen molar-refractivity contribution in [1.82, 2.24) is 14.9 Å². The van der Waals surface area contributed by atoms with E-state index in [9.17, 15) is 9.59 Å². The highest BCUT2D eigenvalue weighted by molar-refractivity contribution is 7.14. The molecule has 6 nitrogen and oxygen atoms in total. The van der Waals surface area contributed by atoms with Gasteiger partial charge in [0.2, 0.25) is 11.8 Å². The number of aromatic nitrogens is 2. The van der Waals surface area contributed by atoms with Gasteiger partial charge in [0.05, 0.1) is 18.5 Å². The molecule has 1 saturated carbocycles. The predicted octanol–water partition coefficient (Wildman–Crippen LogP) is 3.51. The highest BCUT2D eigenvalue weighted by Crippen LogP contribution is 2.29. The summed E-state index contributed by atoms with van der Waals surface area (Å²) >= 11 is 2.91. The molecule has 3 aromatic heterocycles. The van der Waals surface area contributed by atoms with E-state index < -0.39 is 0 Å². The number of nitrogens with one attached hydrogen (secondary N) is 1. The fourth-order valence-corrected chi connectivity index (χ4v) is 4.36. The molecule has 1 fully saturated rings. The standard InChI is InChI=1S/C20H20N4O2S2/c25-18(10-17-4-2-8-27-17)23-20-22-15(13-28-20)9-19(26)24(16-5-6-16)12-14-3-1-7-21-11-14/h1-4,7-8,11,13,16H,5-6,9-10,12H2,(H,22,23,25). The molecule has 0 bridgehead atoms. The summed E-state index contributed by atoms with van der Waals surface area (Å²) < 4.78 is 0. The number of hydrogen-bond donors (Lipinski definition) is 1. The Hall–Kier alpha value is -2.58. The Morgan fingerprint density at radius 3 is 2.79 bits per heavy atom. The zero-order valence-corrected chi connectivity index (χ0v) is 16.8. The topological polar surface area (TPSA) is 75.2 Å². The highest BCUT2D eigenvalue weighted by atomic mass is 32.1. The SMILES string of the molecule is O=C(Cc1cccs1)Nc1nc(CC(=O)N(Cc2cccnc2)C2CC2)cs1. The van der Waals surface area contributed by atoms with E-state index in [1.165, 1.54) is 11.3 Å². The quantitative estimate of drug-likeness (QED) is 0.614. The number of rotatable bonds is 8. The smallest absolute Gasteiger partial charge is 0.231 e. The van der Waals surface area contributed by atoms with E-state index in [1.807, 2.05) is 39.9 Å². The molecule has 0 radical (unpaired) electrons. The second-order valence-electron chi connectivity index (χ2n) is 6.74. The van der Waals surface area contributed by atoms with E-state index in [4.69, 9.17) is 0 Å². The minimum Gasteiger partial charge on any atom is -0.335 e. The van der Waals surface area contributed by atoms with Crippen LogP contribution in [0.5, 0.6) is 0 Å². The summed E-state index contributed by atoms with van der Waals surface area (Å²) in [5.41, 5.74) is 1.72. The Balaban J connectivity index is 1.34.